The van der Waals surface area contributed by atoms with Crippen LogP contribution in [0.25, 0.3) is 0 Å². The van der Waals surface area contributed by atoms with Crippen molar-refractivity contribution in [2.24, 2.45) is 0 Å². The predicted octanol–water partition coefficient (Wildman–Crippen LogP) is 1.89. The molecule has 2 rings (SSSR count). The molecule has 1 aromatic heterocycles. The standard InChI is InChI=1S/C13H23N3O/c1-2-12-10-11(5-9-17-12)14-6-3-4-13-15-7-8-16-13/h7-8,11-12,14H,2-6,9-10H2,1H3,(H,15,16). The summed E-state index contributed by atoms with van der Waals surface area (Å²) in [6.07, 6.45) is 9.77. The van der Waals surface area contributed by atoms with Gasteiger partial charge in [0.15, 0.2) is 0 Å². The lowest BCUT2D eigenvalue weighted by Gasteiger charge is -2.29. The lowest BCUT2D eigenvalue weighted by Crippen LogP contribution is -2.39. The molecular weight excluding hydrogens is 214 g/mol. The van der Waals surface area contributed by atoms with Gasteiger partial charge in [-0.2, -0.15) is 0 Å². The van der Waals surface area contributed by atoms with Crippen molar-refractivity contribution >= 4 is 0 Å². The summed E-state index contributed by atoms with van der Waals surface area (Å²) >= 11 is 0. The average molecular weight is 237 g/mol. The molecule has 0 saturated carbocycles. The van der Waals surface area contributed by atoms with Crippen LogP contribution in [0.3, 0.4) is 0 Å². The molecular formula is C13H23N3O. The third kappa shape index (κ3) is 4.13. The molecule has 2 N–H and O–H groups in total. The number of nitrogens with one attached hydrogen (secondary N) is 2. The van der Waals surface area contributed by atoms with Gasteiger partial charge in [-0.3, -0.25) is 0 Å². The van der Waals surface area contributed by atoms with Gasteiger partial charge in [-0.05, 0) is 32.2 Å². The van der Waals surface area contributed by atoms with Crippen molar-refractivity contribution in [3.8, 4) is 0 Å². The van der Waals surface area contributed by atoms with Gasteiger partial charge in [0, 0.05) is 31.5 Å². The summed E-state index contributed by atoms with van der Waals surface area (Å²) in [5.74, 6) is 1.09. The smallest absolute Gasteiger partial charge is 0.106 e. The van der Waals surface area contributed by atoms with Crippen LogP contribution in [0, 0.1) is 0 Å². The first-order valence-electron chi connectivity index (χ1n) is 6.71. The van der Waals surface area contributed by atoms with Crippen LogP contribution in [0.5, 0.6) is 0 Å². The van der Waals surface area contributed by atoms with E-state index >= 15 is 0 Å². The fourth-order valence-corrected chi connectivity index (χ4v) is 2.35. The number of hydrogen-bond acceptors (Lipinski definition) is 3. The molecule has 0 spiro atoms. The van der Waals surface area contributed by atoms with Crippen molar-refractivity contribution in [3.05, 3.63) is 18.2 Å². The molecule has 2 unspecified atom stereocenters. The molecule has 0 aliphatic carbocycles. The minimum absolute atomic E-state index is 0.464. The maximum Gasteiger partial charge on any atom is 0.106 e. The summed E-state index contributed by atoms with van der Waals surface area (Å²) in [6.45, 7) is 4.18. The Bertz CT molecular complexity index is 300. The van der Waals surface area contributed by atoms with E-state index in [0.717, 1.165) is 51.1 Å². The second-order valence-electron chi connectivity index (χ2n) is 4.72. The van der Waals surface area contributed by atoms with Crippen molar-refractivity contribution in [1.29, 1.82) is 0 Å². The molecule has 2 atom stereocenters. The number of nitrogens with zero attached hydrogens (tertiary/aromatic N) is 1. The lowest BCUT2D eigenvalue weighted by molar-refractivity contribution is 0.0000212. The molecule has 4 nitrogen and oxygen atoms in total. The van der Waals surface area contributed by atoms with Gasteiger partial charge in [0.2, 0.25) is 0 Å². The van der Waals surface area contributed by atoms with Gasteiger partial charge in [-0.15, -0.1) is 0 Å². The number of aromatic nitrogens is 2. The van der Waals surface area contributed by atoms with Crippen LogP contribution in [0.1, 0.15) is 38.4 Å². The van der Waals surface area contributed by atoms with Gasteiger partial charge in [0.05, 0.1) is 6.10 Å². The van der Waals surface area contributed by atoms with E-state index in [1.165, 1.54) is 0 Å². The molecule has 1 aliphatic heterocycles. The van der Waals surface area contributed by atoms with E-state index in [4.69, 9.17) is 4.74 Å². The molecule has 2 heterocycles. The van der Waals surface area contributed by atoms with E-state index in [1.54, 1.807) is 0 Å². The summed E-state index contributed by atoms with van der Waals surface area (Å²) in [6, 6.07) is 0.644. The summed E-state index contributed by atoms with van der Waals surface area (Å²) < 4.78 is 5.67. The Labute approximate surface area is 103 Å². The normalized spacial score (nSPS) is 25.0. The minimum atomic E-state index is 0.464. The van der Waals surface area contributed by atoms with Gasteiger partial charge in [-0.1, -0.05) is 6.92 Å². The molecule has 0 bridgehead atoms. The number of ether oxygens (including phenoxy) is 1. The van der Waals surface area contributed by atoms with E-state index < -0.39 is 0 Å². The first kappa shape index (κ1) is 12.6. The molecule has 4 heteroatoms. The van der Waals surface area contributed by atoms with E-state index in [0.29, 0.717) is 12.1 Å². The first-order chi connectivity index (χ1) is 8.38. The number of H-pyrrole nitrogens is 1. The zero-order valence-corrected chi connectivity index (χ0v) is 10.6. The molecule has 0 radical (unpaired) electrons. The first-order valence-corrected chi connectivity index (χ1v) is 6.71. The molecule has 1 fully saturated rings. The van der Waals surface area contributed by atoms with Crippen LogP contribution in [0.15, 0.2) is 12.4 Å². The van der Waals surface area contributed by atoms with Gasteiger partial charge in [-0.25, -0.2) is 4.98 Å². The van der Waals surface area contributed by atoms with Crippen LogP contribution in [0.2, 0.25) is 0 Å². The molecule has 1 aliphatic rings. The largest absolute Gasteiger partial charge is 0.378 e. The highest BCUT2D eigenvalue weighted by Crippen LogP contribution is 2.16. The van der Waals surface area contributed by atoms with Crippen molar-refractivity contribution in [2.75, 3.05) is 13.2 Å². The highest BCUT2D eigenvalue weighted by molar-refractivity contribution is 4.87. The number of aryl methyl sites for hydroxylation is 1. The predicted molar refractivity (Wildman–Crippen MR) is 68.0 cm³/mol. The second-order valence-corrected chi connectivity index (χ2v) is 4.72. The Hall–Kier alpha value is -0.870. The zero-order chi connectivity index (χ0) is 11.9. The Morgan fingerprint density at radius 1 is 1.59 bits per heavy atom. The van der Waals surface area contributed by atoms with Crippen LogP contribution < -0.4 is 5.32 Å². The third-order valence-electron chi connectivity index (χ3n) is 3.40. The van der Waals surface area contributed by atoms with Gasteiger partial charge in [0.25, 0.3) is 0 Å². The topological polar surface area (TPSA) is 49.9 Å². The SMILES string of the molecule is CCC1CC(NCCCc2ncc[nH]2)CCO1. The fraction of sp³-hybridized carbons (Fsp3) is 0.769. The summed E-state index contributed by atoms with van der Waals surface area (Å²) in [7, 11) is 0. The maximum atomic E-state index is 5.67. The quantitative estimate of drug-likeness (QED) is 0.743. The average Bonchev–Trinajstić information content (AvgIpc) is 2.88. The Kier molecular flexibility index (Phi) is 5.01. The van der Waals surface area contributed by atoms with Crippen molar-refractivity contribution in [1.82, 2.24) is 15.3 Å². The van der Waals surface area contributed by atoms with Crippen molar-refractivity contribution < 1.29 is 4.74 Å². The second kappa shape index (κ2) is 6.77. The Morgan fingerprint density at radius 3 is 3.29 bits per heavy atom. The van der Waals surface area contributed by atoms with Crippen LogP contribution >= 0.6 is 0 Å². The van der Waals surface area contributed by atoms with Crippen LogP contribution in [-0.2, 0) is 11.2 Å². The molecule has 17 heavy (non-hydrogen) atoms. The van der Waals surface area contributed by atoms with Crippen molar-refractivity contribution in [2.45, 2.75) is 51.2 Å². The van der Waals surface area contributed by atoms with E-state index in [-0.39, 0.29) is 0 Å². The van der Waals surface area contributed by atoms with E-state index in [9.17, 15) is 0 Å². The molecule has 0 amide bonds. The van der Waals surface area contributed by atoms with Crippen molar-refractivity contribution in [3.63, 3.8) is 0 Å². The number of aromatic amines is 1. The molecule has 1 saturated heterocycles. The van der Waals surface area contributed by atoms with Crippen LogP contribution in [0.4, 0.5) is 0 Å². The van der Waals surface area contributed by atoms with E-state index in [2.05, 4.69) is 22.2 Å². The zero-order valence-electron chi connectivity index (χ0n) is 10.6. The molecule has 1 aromatic rings. The Balaban J connectivity index is 1.58. The maximum absolute atomic E-state index is 5.67. The minimum Gasteiger partial charge on any atom is -0.378 e. The Morgan fingerprint density at radius 2 is 2.53 bits per heavy atom. The molecule has 96 valence electrons. The molecule has 0 aromatic carbocycles. The number of rotatable bonds is 6. The number of hydrogen-bond donors (Lipinski definition) is 2. The highest BCUT2D eigenvalue weighted by Gasteiger charge is 2.20. The lowest BCUT2D eigenvalue weighted by atomic mass is 10.0. The highest BCUT2D eigenvalue weighted by atomic mass is 16.5. The van der Waals surface area contributed by atoms with Gasteiger partial charge in [0.1, 0.15) is 5.82 Å². The van der Waals surface area contributed by atoms with Gasteiger partial charge >= 0.3 is 0 Å². The summed E-state index contributed by atoms with van der Waals surface area (Å²) in [4.78, 5) is 7.36. The monoisotopic (exact) mass is 237 g/mol. The summed E-state index contributed by atoms with van der Waals surface area (Å²) in [5.41, 5.74) is 0. The third-order valence-corrected chi connectivity index (χ3v) is 3.40. The fourth-order valence-electron chi connectivity index (χ4n) is 2.35. The number of imidazole rings is 1. The summed E-state index contributed by atoms with van der Waals surface area (Å²) in [5, 5.41) is 3.63. The van der Waals surface area contributed by atoms with E-state index in [1.807, 2.05) is 12.4 Å². The van der Waals surface area contributed by atoms with Gasteiger partial charge < -0.3 is 15.0 Å². The van der Waals surface area contributed by atoms with Crippen LogP contribution in [-0.4, -0.2) is 35.3 Å².